The monoisotopic (exact) mass is 266 g/mol. The third-order valence-electron chi connectivity index (χ3n) is 3.43. The number of aliphatic hydroxyl groups is 1. The fraction of sp³-hybridized carbons (Fsp3) is 0.538. The van der Waals surface area contributed by atoms with E-state index in [1.54, 1.807) is 6.07 Å². The molecule has 0 aromatic heterocycles. The number of benzene rings is 1. The van der Waals surface area contributed by atoms with Gasteiger partial charge in [0.25, 0.3) is 5.69 Å². The Labute approximate surface area is 111 Å². The number of fused-ring (bicyclic) bond motifs is 1. The fourth-order valence-electron chi connectivity index (χ4n) is 2.30. The van der Waals surface area contributed by atoms with Crippen molar-refractivity contribution in [2.24, 2.45) is 5.73 Å². The first-order chi connectivity index (χ1) is 9.04. The van der Waals surface area contributed by atoms with Gasteiger partial charge in [-0.2, -0.15) is 0 Å². The molecular formula is C13H18N2O4. The molecule has 3 N–H and O–H groups in total. The molecule has 0 saturated carbocycles. The van der Waals surface area contributed by atoms with Crippen LogP contribution in [0.2, 0.25) is 0 Å². The predicted octanol–water partition coefficient (Wildman–Crippen LogP) is 1.91. The van der Waals surface area contributed by atoms with Gasteiger partial charge in [0.05, 0.1) is 11.0 Å². The molecule has 104 valence electrons. The SMILES string of the molecule is CCCCC1Oc2ccc([N+](=O)[O-])cc2C(N)C1O. The zero-order chi connectivity index (χ0) is 14.0. The minimum absolute atomic E-state index is 0.0444. The summed E-state index contributed by atoms with van der Waals surface area (Å²) in [5.41, 5.74) is 6.42. The molecule has 0 amide bonds. The third kappa shape index (κ3) is 2.69. The van der Waals surface area contributed by atoms with Crippen LogP contribution in [-0.4, -0.2) is 22.2 Å². The molecule has 0 bridgehead atoms. The van der Waals surface area contributed by atoms with Crippen LogP contribution < -0.4 is 10.5 Å². The summed E-state index contributed by atoms with van der Waals surface area (Å²) in [6.07, 6.45) is 1.50. The van der Waals surface area contributed by atoms with E-state index in [2.05, 4.69) is 6.92 Å². The largest absolute Gasteiger partial charge is 0.487 e. The summed E-state index contributed by atoms with van der Waals surface area (Å²) in [6, 6.07) is 3.67. The molecule has 0 radical (unpaired) electrons. The lowest BCUT2D eigenvalue weighted by Gasteiger charge is -2.34. The number of unbranched alkanes of at least 4 members (excludes halogenated alkanes) is 1. The highest BCUT2D eigenvalue weighted by Crippen LogP contribution is 2.37. The first kappa shape index (κ1) is 13.8. The first-order valence-corrected chi connectivity index (χ1v) is 6.43. The molecule has 3 atom stereocenters. The van der Waals surface area contributed by atoms with E-state index >= 15 is 0 Å². The van der Waals surface area contributed by atoms with Crippen molar-refractivity contribution >= 4 is 5.69 Å². The van der Waals surface area contributed by atoms with Crippen LogP contribution >= 0.6 is 0 Å². The predicted molar refractivity (Wildman–Crippen MR) is 70.0 cm³/mol. The van der Waals surface area contributed by atoms with E-state index in [1.807, 2.05) is 0 Å². The number of nitro benzene ring substituents is 1. The normalized spacial score (nSPS) is 25.5. The number of non-ortho nitro benzene ring substituents is 1. The fourth-order valence-corrected chi connectivity index (χ4v) is 2.30. The molecule has 0 saturated heterocycles. The van der Waals surface area contributed by atoms with E-state index in [0.717, 1.165) is 19.3 Å². The summed E-state index contributed by atoms with van der Waals surface area (Å²) in [7, 11) is 0. The van der Waals surface area contributed by atoms with E-state index < -0.39 is 17.1 Å². The highest BCUT2D eigenvalue weighted by molar-refractivity contribution is 5.47. The zero-order valence-corrected chi connectivity index (χ0v) is 10.8. The Morgan fingerprint density at radius 2 is 2.26 bits per heavy atom. The van der Waals surface area contributed by atoms with E-state index in [4.69, 9.17) is 10.5 Å². The quantitative estimate of drug-likeness (QED) is 0.640. The van der Waals surface area contributed by atoms with E-state index in [-0.39, 0.29) is 11.8 Å². The Kier molecular flexibility index (Phi) is 4.01. The van der Waals surface area contributed by atoms with Crippen molar-refractivity contribution in [3.8, 4) is 5.75 Å². The van der Waals surface area contributed by atoms with Crippen LogP contribution in [-0.2, 0) is 0 Å². The average molecular weight is 266 g/mol. The van der Waals surface area contributed by atoms with Gasteiger partial charge >= 0.3 is 0 Å². The van der Waals surface area contributed by atoms with Gasteiger partial charge in [-0.15, -0.1) is 0 Å². The van der Waals surface area contributed by atoms with Crippen molar-refractivity contribution in [3.63, 3.8) is 0 Å². The zero-order valence-electron chi connectivity index (χ0n) is 10.8. The number of ether oxygens (including phenoxy) is 1. The van der Waals surface area contributed by atoms with Crippen molar-refractivity contribution < 1.29 is 14.8 Å². The van der Waals surface area contributed by atoms with Crippen molar-refractivity contribution in [1.82, 2.24) is 0 Å². The number of nitrogens with zero attached hydrogens (tertiary/aromatic N) is 1. The molecule has 1 heterocycles. The number of hydrogen-bond acceptors (Lipinski definition) is 5. The minimum atomic E-state index is -0.832. The van der Waals surface area contributed by atoms with Crippen LogP contribution in [0.15, 0.2) is 18.2 Å². The second-order valence-corrected chi connectivity index (χ2v) is 4.79. The smallest absolute Gasteiger partial charge is 0.270 e. The number of nitro groups is 1. The van der Waals surface area contributed by atoms with Crippen LogP contribution in [0.3, 0.4) is 0 Å². The molecule has 1 aliphatic rings. The number of rotatable bonds is 4. The summed E-state index contributed by atoms with van der Waals surface area (Å²) in [5.74, 6) is 0.532. The Morgan fingerprint density at radius 1 is 1.53 bits per heavy atom. The van der Waals surface area contributed by atoms with Gasteiger partial charge in [-0.3, -0.25) is 10.1 Å². The number of hydrogen-bond donors (Lipinski definition) is 2. The van der Waals surface area contributed by atoms with Crippen LogP contribution in [0.1, 0.15) is 37.8 Å². The topological polar surface area (TPSA) is 98.6 Å². The minimum Gasteiger partial charge on any atom is -0.487 e. The summed E-state index contributed by atoms with van der Waals surface area (Å²) < 4.78 is 5.70. The van der Waals surface area contributed by atoms with Gasteiger partial charge < -0.3 is 15.6 Å². The lowest BCUT2D eigenvalue weighted by molar-refractivity contribution is -0.385. The molecule has 1 aromatic rings. The van der Waals surface area contributed by atoms with Crippen LogP contribution in [0.4, 0.5) is 5.69 Å². The maximum atomic E-state index is 10.7. The van der Waals surface area contributed by atoms with Crippen molar-refractivity contribution in [3.05, 3.63) is 33.9 Å². The Bertz CT molecular complexity index is 478. The summed E-state index contributed by atoms with van der Waals surface area (Å²) in [5, 5.41) is 20.9. The number of nitrogens with two attached hydrogens (primary N) is 1. The standard InChI is InChI=1S/C13H18N2O4/c1-2-3-4-11-13(16)12(14)9-7-8(15(17)18)5-6-10(9)19-11/h5-7,11-13,16H,2-4,14H2,1H3. The van der Waals surface area contributed by atoms with Crippen molar-refractivity contribution in [2.75, 3.05) is 0 Å². The summed E-state index contributed by atoms with van der Waals surface area (Å²) in [6.45, 7) is 2.06. The van der Waals surface area contributed by atoms with E-state index in [0.29, 0.717) is 11.3 Å². The molecule has 6 heteroatoms. The molecule has 6 nitrogen and oxygen atoms in total. The highest BCUT2D eigenvalue weighted by Gasteiger charge is 2.35. The van der Waals surface area contributed by atoms with Gasteiger partial charge in [0.2, 0.25) is 0 Å². The Balaban J connectivity index is 2.27. The lowest BCUT2D eigenvalue weighted by Crippen LogP contribution is -2.44. The van der Waals surface area contributed by atoms with Crippen LogP contribution in [0, 0.1) is 10.1 Å². The van der Waals surface area contributed by atoms with Gasteiger partial charge in [-0.25, -0.2) is 0 Å². The lowest BCUT2D eigenvalue weighted by atomic mass is 9.92. The van der Waals surface area contributed by atoms with Gasteiger partial charge in [0.15, 0.2) is 0 Å². The van der Waals surface area contributed by atoms with Gasteiger partial charge in [-0.1, -0.05) is 13.3 Å². The second kappa shape index (κ2) is 5.54. The molecule has 0 spiro atoms. The first-order valence-electron chi connectivity index (χ1n) is 6.43. The Hall–Kier alpha value is -1.66. The average Bonchev–Trinajstić information content (AvgIpc) is 2.40. The second-order valence-electron chi connectivity index (χ2n) is 4.79. The maximum absolute atomic E-state index is 10.7. The van der Waals surface area contributed by atoms with Crippen molar-refractivity contribution in [2.45, 2.75) is 44.4 Å². The van der Waals surface area contributed by atoms with Crippen LogP contribution in [0.5, 0.6) is 5.75 Å². The summed E-state index contributed by atoms with van der Waals surface area (Å²) >= 11 is 0. The van der Waals surface area contributed by atoms with E-state index in [1.165, 1.54) is 12.1 Å². The Morgan fingerprint density at radius 3 is 2.89 bits per heavy atom. The highest BCUT2D eigenvalue weighted by atomic mass is 16.6. The molecule has 2 rings (SSSR count). The molecule has 1 aliphatic heterocycles. The molecule has 3 unspecified atom stereocenters. The molecule has 0 fully saturated rings. The molecular weight excluding hydrogens is 248 g/mol. The summed E-state index contributed by atoms with van der Waals surface area (Å²) in [4.78, 5) is 10.3. The maximum Gasteiger partial charge on any atom is 0.270 e. The van der Waals surface area contributed by atoms with E-state index in [9.17, 15) is 15.2 Å². The molecule has 0 aliphatic carbocycles. The van der Waals surface area contributed by atoms with Crippen molar-refractivity contribution in [1.29, 1.82) is 0 Å². The van der Waals surface area contributed by atoms with Gasteiger partial charge in [0.1, 0.15) is 18.0 Å². The third-order valence-corrected chi connectivity index (χ3v) is 3.43. The van der Waals surface area contributed by atoms with Crippen LogP contribution in [0.25, 0.3) is 0 Å². The number of aliphatic hydroxyl groups excluding tert-OH is 1. The molecule has 1 aromatic carbocycles. The van der Waals surface area contributed by atoms with Gasteiger partial charge in [0, 0.05) is 17.7 Å². The molecule has 19 heavy (non-hydrogen) atoms. The van der Waals surface area contributed by atoms with Gasteiger partial charge in [-0.05, 0) is 18.9 Å².